The number of carbonyl (C=O) groups is 2. The molecule has 0 unspecified atom stereocenters. The molecular formula is C21H19N5O3S2. The number of pyridine rings is 1. The summed E-state index contributed by atoms with van der Waals surface area (Å²) in [6.45, 7) is 2.31. The van der Waals surface area contributed by atoms with E-state index in [9.17, 15) is 9.59 Å². The number of amides is 1. The van der Waals surface area contributed by atoms with Crippen molar-refractivity contribution >= 4 is 51.6 Å². The van der Waals surface area contributed by atoms with E-state index in [1.54, 1.807) is 29.7 Å². The number of fused-ring (bicyclic) bond motifs is 1. The van der Waals surface area contributed by atoms with Gasteiger partial charge in [-0.2, -0.15) is 0 Å². The fraction of sp³-hybridized carbons (Fsp3) is 0.190. The number of benzene rings is 1. The number of ether oxygens (including phenoxy) is 1. The van der Waals surface area contributed by atoms with Crippen molar-refractivity contribution in [3.05, 3.63) is 54.0 Å². The normalized spacial score (nSPS) is 10.9. The van der Waals surface area contributed by atoms with Gasteiger partial charge in [-0.05, 0) is 42.6 Å². The summed E-state index contributed by atoms with van der Waals surface area (Å²) in [6, 6.07) is 13.1. The topological polar surface area (TPSA) is 99.0 Å². The zero-order valence-corrected chi connectivity index (χ0v) is 18.3. The van der Waals surface area contributed by atoms with Crippen LogP contribution in [0, 0.1) is 0 Å². The average Bonchev–Trinajstić information content (AvgIpc) is 3.46. The fourth-order valence-corrected chi connectivity index (χ4v) is 4.50. The molecule has 10 heteroatoms. The maximum absolute atomic E-state index is 12.2. The van der Waals surface area contributed by atoms with E-state index < -0.39 is 11.9 Å². The summed E-state index contributed by atoms with van der Waals surface area (Å²) < 4.78 is 7.07. The first-order valence-corrected chi connectivity index (χ1v) is 11.4. The van der Waals surface area contributed by atoms with E-state index in [0.29, 0.717) is 17.4 Å². The lowest BCUT2D eigenvalue weighted by atomic mass is 10.2. The molecular weight excluding hydrogens is 434 g/mol. The van der Waals surface area contributed by atoms with Crippen molar-refractivity contribution in [2.45, 2.75) is 18.6 Å². The third kappa shape index (κ3) is 4.92. The third-order valence-corrected chi connectivity index (χ3v) is 6.18. The predicted octanol–water partition coefficient (Wildman–Crippen LogP) is 3.85. The van der Waals surface area contributed by atoms with E-state index in [1.165, 1.54) is 11.8 Å². The van der Waals surface area contributed by atoms with Crippen molar-refractivity contribution in [1.82, 2.24) is 19.7 Å². The summed E-state index contributed by atoms with van der Waals surface area (Å²) in [5.41, 5.74) is 1.40. The molecule has 4 rings (SSSR count). The summed E-state index contributed by atoms with van der Waals surface area (Å²) >= 11 is 2.82. The molecule has 0 aliphatic heterocycles. The van der Waals surface area contributed by atoms with Gasteiger partial charge < -0.3 is 14.6 Å². The zero-order chi connectivity index (χ0) is 21.6. The lowest BCUT2D eigenvalue weighted by Crippen LogP contribution is -2.21. The second-order valence-electron chi connectivity index (χ2n) is 6.40. The number of thioether (sulfide) groups is 1. The van der Waals surface area contributed by atoms with Crippen LogP contribution in [0.15, 0.2) is 59.2 Å². The molecule has 0 aliphatic carbocycles. The molecule has 158 valence electrons. The van der Waals surface area contributed by atoms with Gasteiger partial charge in [0.2, 0.25) is 0 Å². The lowest BCUT2D eigenvalue weighted by molar-refractivity contribution is -0.144. The fourth-order valence-electron chi connectivity index (χ4n) is 2.98. The first-order valence-electron chi connectivity index (χ1n) is 9.55. The van der Waals surface area contributed by atoms with Crippen molar-refractivity contribution in [3.63, 3.8) is 0 Å². The maximum atomic E-state index is 12.2. The van der Waals surface area contributed by atoms with Gasteiger partial charge >= 0.3 is 5.97 Å². The monoisotopic (exact) mass is 453 g/mol. The third-order valence-electron chi connectivity index (χ3n) is 4.38. The SMILES string of the molecule is CCn1c(SCC(=O)OCC(=O)Nc2cccc3ncccc23)nnc1-c1cccs1. The first kappa shape index (κ1) is 21.0. The van der Waals surface area contributed by atoms with E-state index in [4.69, 9.17) is 4.74 Å². The number of aromatic nitrogens is 4. The zero-order valence-electron chi connectivity index (χ0n) is 16.6. The standard InChI is InChI=1S/C21H19N5O3S2/c1-2-26-20(17-9-5-11-30-17)24-25-21(26)31-13-19(28)29-12-18(27)23-16-8-3-7-15-14(16)6-4-10-22-15/h3-11H,2,12-13H2,1H3,(H,23,27). The van der Waals surface area contributed by atoms with Crippen LogP contribution >= 0.6 is 23.1 Å². The van der Waals surface area contributed by atoms with E-state index in [1.807, 2.05) is 47.2 Å². The van der Waals surface area contributed by atoms with Gasteiger partial charge in [0.05, 0.1) is 21.8 Å². The largest absolute Gasteiger partial charge is 0.455 e. The molecule has 0 radical (unpaired) electrons. The Morgan fingerprint density at radius 1 is 1.16 bits per heavy atom. The van der Waals surface area contributed by atoms with Crippen molar-refractivity contribution in [1.29, 1.82) is 0 Å². The molecule has 0 atom stereocenters. The highest BCUT2D eigenvalue weighted by molar-refractivity contribution is 7.99. The summed E-state index contributed by atoms with van der Waals surface area (Å²) in [5.74, 6) is -0.0968. The van der Waals surface area contributed by atoms with Crippen LogP contribution in [0.3, 0.4) is 0 Å². The number of anilines is 1. The number of nitrogens with one attached hydrogen (secondary N) is 1. The summed E-state index contributed by atoms with van der Waals surface area (Å²) in [6.07, 6.45) is 1.69. The van der Waals surface area contributed by atoms with Gasteiger partial charge in [0, 0.05) is 18.1 Å². The van der Waals surface area contributed by atoms with Gasteiger partial charge in [-0.1, -0.05) is 23.9 Å². The number of nitrogens with zero attached hydrogens (tertiary/aromatic N) is 4. The molecule has 0 saturated heterocycles. The minimum Gasteiger partial charge on any atom is -0.455 e. The molecule has 1 N–H and O–H groups in total. The molecule has 0 bridgehead atoms. The smallest absolute Gasteiger partial charge is 0.316 e. The number of esters is 1. The Labute approximate surface area is 186 Å². The van der Waals surface area contributed by atoms with E-state index in [2.05, 4.69) is 20.5 Å². The van der Waals surface area contributed by atoms with Gasteiger partial charge in [0.1, 0.15) is 0 Å². The Morgan fingerprint density at radius 3 is 2.87 bits per heavy atom. The molecule has 8 nitrogen and oxygen atoms in total. The molecule has 1 amide bonds. The van der Waals surface area contributed by atoms with Crippen LogP contribution in [-0.2, 0) is 20.9 Å². The van der Waals surface area contributed by atoms with Gasteiger partial charge in [0.15, 0.2) is 17.6 Å². The van der Waals surface area contributed by atoms with Gasteiger partial charge in [-0.25, -0.2) is 0 Å². The Bertz CT molecular complexity index is 1200. The molecule has 3 aromatic heterocycles. The van der Waals surface area contributed by atoms with Gasteiger partial charge in [0.25, 0.3) is 5.91 Å². The molecule has 0 spiro atoms. The number of hydrogen-bond acceptors (Lipinski definition) is 8. The van der Waals surface area contributed by atoms with Crippen molar-refractivity contribution < 1.29 is 14.3 Å². The lowest BCUT2D eigenvalue weighted by Gasteiger charge is -2.09. The van der Waals surface area contributed by atoms with Crippen LogP contribution in [0.4, 0.5) is 5.69 Å². The van der Waals surface area contributed by atoms with Crippen LogP contribution in [0.5, 0.6) is 0 Å². The van der Waals surface area contributed by atoms with Crippen LogP contribution < -0.4 is 5.32 Å². The maximum Gasteiger partial charge on any atom is 0.316 e. The van der Waals surface area contributed by atoms with E-state index >= 15 is 0 Å². The minimum absolute atomic E-state index is 0.0358. The second-order valence-corrected chi connectivity index (χ2v) is 8.29. The van der Waals surface area contributed by atoms with E-state index in [0.717, 1.165) is 21.6 Å². The number of rotatable bonds is 8. The van der Waals surface area contributed by atoms with Crippen LogP contribution in [0.2, 0.25) is 0 Å². The van der Waals surface area contributed by atoms with Crippen molar-refractivity contribution in [3.8, 4) is 10.7 Å². The summed E-state index contributed by atoms with van der Waals surface area (Å²) in [7, 11) is 0. The Morgan fingerprint density at radius 2 is 2.06 bits per heavy atom. The first-order chi connectivity index (χ1) is 15.2. The summed E-state index contributed by atoms with van der Waals surface area (Å²) in [5, 5.41) is 14.6. The van der Waals surface area contributed by atoms with Crippen molar-refractivity contribution in [2.24, 2.45) is 0 Å². The number of thiophene rings is 1. The molecule has 0 saturated carbocycles. The quantitative estimate of drug-likeness (QED) is 0.320. The molecule has 31 heavy (non-hydrogen) atoms. The Balaban J connectivity index is 1.30. The van der Waals surface area contributed by atoms with Gasteiger partial charge in [-0.15, -0.1) is 21.5 Å². The van der Waals surface area contributed by atoms with Crippen LogP contribution in [0.1, 0.15) is 6.92 Å². The predicted molar refractivity (Wildman–Crippen MR) is 121 cm³/mol. The van der Waals surface area contributed by atoms with Crippen LogP contribution in [0.25, 0.3) is 21.6 Å². The van der Waals surface area contributed by atoms with E-state index in [-0.39, 0.29) is 12.4 Å². The molecule has 3 heterocycles. The minimum atomic E-state index is -0.497. The highest BCUT2D eigenvalue weighted by atomic mass is 32.2. The molecule has 1 aromatic carbocycles. The van der Waals surface area contributed by atoms with Crippen molar-refractivity contribution in [2.75, 3.05) is 17.7 Å². The highest BCUT2D eigenvalue weighted by Crippen LogP contribution is 2.27. The molecule has 4 aromatic rings. The Hall–Kier alpha value is -3.24. The molecule has 0 fully saturated rings. The highest BCUT2D eigenvalue weighted by Gasteiger charge is 2.16. The number of carbonyl (C=O) groups excluding carboxylic acids is 2. The van der Waals surface area contributed by atoms with Crippen LogP contribution in [-0.4, -0.2) is 44.0 Å². The second kappa shape index (κ2) is 9.71. The molecule has 0 aliphatic rings. The summed E-state index contributed by atoms with van der Waals surface area (Å²) in [4.78, 5) is 29.6. The van der Waals surface area contributed by atoms with Gasteiger partial charge in [-0.3, -0.25) is 14.6 Å². The Kier molecular flexibility index (Phi) is 6.58. The number of hydrogen-bond donors (Lipinski definition) is 1. The average molecular weight is 454 g/mol.